The molecule has 2 aliphatic rings. The Kier molecular flexibility index (Phi) is 10.4. The highest BCUT2D eigenvalue weighted by Gasteiger charge is 2.31. The highest BCUT2D eigenvalue weighted by molar-refractivity contribution is 5.90. The number of hydrogen-bond acceptors (Lipinski definition) is 5. The van der Waals surface area contributed by atoms with Crippen LogP contribution in [0.2, 0.25) is 0 Å². The van der Waals surface area contributed by atoms with Gasteiger partial charge in [-0.05, 0) is 64.8 Å². The molecule has 1 fully saturated rings. The van der Waals surface area contributed by atoms with E-state index in [1.807, 2.05) is 39.0 Å². The lowest BCUT2D eigenvalue weighted by Crippen LogP contribution is -2.48. The summed E-state index contributed by atoms with van der Waals surface area (Å²) in [7, 11) is 2.16. The number of hydrogen-bond donors (Lipinski definition) is 3. The molecule has 0 bridgehead atoms. The van der Waals surface area contributed by atoms with Crippen LogP contribution < -0.4 is 15.4 Å². The summed E-state index contributed by atoms with van der Waals surface area (Å²) < 4.78 is 6.61. The third kappa shape index (κ3) is 8.10. The van der Waals surface area contributed by atoms with Crippen molar-refractivity contribution in [3.8, 4) is 5.75 Å². The van der Waals surface area contributed by atoms with Gasteiger partial charge in [-0.2, -0.15) is 0 Å². The number of rotatable bonds is 8. The number of fused-ring (bicyclic) bond motifs is 1. The Balaban J connectivity index is 1.83. The zero-order chi connectivity index (χ0) is 26.2. The summed E-state index contributed by atoms with van der Waals surface area (Å²) in [6.45, 7) is 10.1. The molecule has 1 aromatic carbocycles. The fourth-order valence-corrected chi connectivity index (χ4v) is 5.35. The van der Waals surface area contributed by atoms with Gasteiger partial charge in [0.2, 0.25) is 5.91 Å². The summed E-state index contributed by atoms with van der Waals surface area (Å²) in [5, 5.41) is 15.5. The average molecular weight is 503 g/mol. The highest BCUT2D eigenvalue weighted by atomic mass is 16.5. The molecule has 1 aliphatic heterocycles. The van der Waals surface area contributed by atoms with E-state index in [0.29, 0.717) is 18.0 Å². The number of aliphatic hydroxyl groups excluding tert-OH is 1. The quantitative estimate of drug-likeness (QED) is 0.502. The van der Waals surface area contributed by atoms with Crippen molar-refractivity contribution < 1.29 is 19.4 Å². The van der Waals surface area contributed by atoms with Crippen LogP contribution in [0, 0.1) is 11.8 Å². The lowest BCUT2D eigenvalue weighted by molar-refractivity contribution is -0.134. The van der Waals surface area contributed by atoms with E-state index in [1.54, 1.807) is 4.90 Å². The van der Waals surface area contributed by atoms with Crippen LogP contribution in [-0.2, 0) is 11.2 Å². The first-order valence-corrected chi connectivity index (χ1v) is 13.6. The van der Waals surface area contributed by atoms with Gasteiger partial charge in [-0.25, -0.2) is 4.79 Å². The first-order chi connectivity index (χ1) is 17.2. The van der Waals surface area contributed by atoms with Crippen molar-refractivity contribution in [3.05, 3.63) is 23.8 Å². The maximum Gasteiger partial charge on any atom is 0.319 e. The van der Waals surface area contributed by atoms with Crippen LogP contribution in [0.3, 0.4) is 0 Å². The van der Waals surface area contributed by atoms with Gasteiger partial charge in [0.15, 0.2) is 0 Å². The van der Waals surface area contributed by atoms with E-state index in [2.05, 4.69) is 29.5 Å². The summed E-state index contributed by atoms with van der Waals surface area (Å²) in [6.07, 6.45) is 6.63. The molecule has 8 nitrogen and oxygen atoms in total. The Morgan fingerprint density at radius 3 is 2.58 bits per heavy atom. The molecule has 1 saturated carbocycles. The van der Waals surface area contributed by atoms with Crippen molar-refractivity contribution in [1.82, 2.24) is 15.1 Å². The number of carbonyl (C=O) groups is 2. The molecule has 0 unspecified atom stereocenters. The number of amides is 3. The van der Waals surface area contributed by atoms with Gasteiger partial charge >= 0.3 is 6.03 Å². The lowest BCUT2D eigenvalue weighted by Gasteiger charge is -2.35. The first kappa shape index (κ1) is 28.3. The lowest BCUT2D eigenvalue weighted by atomic mass is 9.89. The molecular formula is C28H46N4O4. The average Bonchev–Trinajstić information content (AvgIpc) is 2.86. The van der Waals surface area contributed by atoms with Crippen LogP contribution in [0.4, 0.5) is 10.5 Å². The SMILES string of the molecule is CC(C)NC(=O)Nc1ccc2c(c1)CC(=O)N([C@@H](C)CO)C[C@H](C)[C@@H](CN(C)CC1CCCCC1)O2. The second kappa shape index (κ2) is 13.3. The normalized spacial score (nSPS) is 22.3. The van der Waals surface area contributed by atoms with Gasteiger partial charge in [0.05, 0.1) is 19.1 Å². The van der Waals surface area contributed by atoms with Gasteiger partial charge in [-0.15, -0.1) is 0 Å². The maximum atomic E-state index is 13.3. The van der Waals surface area contributed by atoms with E-state index < -0.39 is 0 Å². The second-order valence-electron chi connectivity index (χ2n) is 11.2. The summed E-state index contributed by atoms with van der Waals surface area (Å²) in [6, 6.07) is 4.96. The summed E-state index contributed by atoms with van der Waals surface area (Å²) in [5.41, 5.74) is 1.36. The fourth-order valence-electron chi connectivity index (χ4n) is 5.35. The minimum atomic E-state index is -0.286. The van der Waals surface area contributed by atoms with Crippen LogP contribution >= 0.6 is 0 Å². The van der Waals surface area contributed by atoms with E-state index >= 15 is 0 Å². The predicted molar refractivity (Wildman–Crippen MR) is 143 cm³/mol. The molecule has 36 heavy (non-hydrogen) atoms. The summed E-state index contributed by atoms with van der Waals surface area (Å²) in [5.74, 6) is 1.45. The predicted octanol–water partition coefficient (Wildman–Crippen LogP) is 3.88. The van der Waals surface area contributed by atoms with Crippen molar-refractivity contribution in [2.45, 2.75) is 84.4 Å². The van der Waals surface area contributed by atoms with Crippen LogP contribution in [0.25, 0.3) is 0 Å². The van der Waals surface area contributed by atoms with Crippen LogP contribution in [0.15, 0.2) is 18.2 Å². The largest absolute Gasteiger partial charge is 0.488 e. The van der Waals surface area contributed by atoms with Crippen LogP contribution in [0.1, 0.15) is 65.4 Å². The number of likely N-dealkylation sites (N-methyl/N-ethyl adjacent to an activating group) is 1. The molecule has 3 rings (SSSR count). The van der Waals surface area contributed by atoms with Gasteiger partial charge in [0, 0.05) is 42.8 Å². The molecule has 1 heterocycles. The molecule has 3 amide bonds. The fraction of sp³-hybridized carbons (Fsp3) is 0.714. The van der Waals surface area contributed by atoms with Gasteiger partial charge in [0.1, 0.15) is 11.9 Å². The number of aliphatic hydroxyl groups is 1. The Morgan fingerprint density at radius 1 is 1.19 bits per heavy atom. The van der Waals surface area contributed by atoms with E-state index in [-0.39, 0.29) is 49.1 Å². The Morgan fingerprint density at radius 2 is 1.92 bits per heavy atom. The number of ether oxygens (including phenoxy) is 1. The van der Waals surface area contributed by atoms with E-state index in [4.69, 9.17) is 4.74 Å². The minimum absolute atomic E-state index is 0.0177. The van der Waals surface area contributed by atoms with Crippen molar-refractivity contribution in [1.29, 1.82) is 0 Å². The van der Waals surface area contributed by atoms with E-state index in [0.717, 1.165) is 24.6 Å². The molecule has 0 spiro atoms. The molecule has 3 N–H and O–H groups in total. The van der Waals surface area contributed by atoms with Crippen molar-refractivity contribution >= 4 is 17.6 Å². The standard InChI is InChI=1S/C28H46N4O4/c1-19(2)29-28(35)30-24-11-12-25-23(13-24)14-27(34)32(21(4)18-33)15-20(3)26(36-25)17-31(5)16-22-9-7-6-8-10-22/h11-13,19-22,26,33H,6-10,14-18H2,1-5H3,(H2,29,30,35)/t20-,21-,26+/m0/s1. The molecule has 3 atom stereocenters. The highest BCUT2D eigenvalue weighted by Crippen LogP contribution is 2.30. The van der Waals surface area contributed by atoms with Gasteiger partial charge in [-0.3, -0.25) is 4.79 Å². The minimum Gasteiger partial charge on any atom is -0.488 e. The van der Waals surface area contributed by atoms with Crippen LogP contribution in [0.5, 0.6) is 5.75 Å². The molecular weight excluding hydrogens is 456 g/mol. The number of anilines is 1. The molecule has 0 radical (unpaired) electrons. The molecule has 1 aromatic rings. The van der Waals surface area contributed by atoms with Crippen LogP contribution in [-0.4, -0.2) is 78.3 Å². The molecule has 8 heteroatoms. The zero-order valence-electron chi connectivity index (χ0n) is 22.8. The first-order valence-electron chi connectivity index (χ1n) is 13.6. The summed E-state index contributed by atoms with van der Waals surface area (Å²) >= 11 is 0. The van der Waals surface area contributed by atoms with Gasteiger partial charge in [-0.1, -0.05) is 26.2 Å². The van der Waals surface area contributed by atoms with Crippen molar-refractivity contribution in [3.63, 3.8) is 0 Å². The topological polar surface area (TPSA) is 94.1 Å². The number of nitrogens with zero attached hydrogens (tertiary/aromatic N) is 2. The van der Waals surface area contributed by atoms with E-state index in [1.165, 1.54) is 32.1 Å². The van der Waals surface area contributed by atoms with Crippen molar-refractivity contribution in [2.75, 3.05) is 38.6 Å². The zero-order valence-corrected chi connectivity index (χ0v) is 22.8. The van der Waals surface area contributed by atoms with Crippen molar-refractivity contribution in [2.24, 2.45) is 11.8 Å². The van der Waals surface area contributed by atoms with E-state index in [9.17, 15) is 14.7 Å². The Bertz CT molecular complexity index is 871. The Hall–Kier alpha value is -2.32. The number of urea groups is 1. The number of nitrogens with one attached hydrogen (secondary N) is 2. The van der Waals surface area contributed by atoms with Gasteiger partial charge in [0.25, 0.3) is 0 Å². The monoisotopic (exact) mass is 502 g/mol. The Labute approximate surface area is 216 Å². The number of benzene rings is 1. The third-order valence-electron chi connectivity index (χ3n) is 7.38. The number of carbonyl (C=O) groups excluding carboxylic acids is 2. The van der Waals surface area contributed by atoms with Gasteiger partial charge < -0.3 is 30.3 Å². The smallest absolute Gasteiger partial charge is 0.319 e. The summed E-state index contributed by atoms with van der Waals surface area (Å²) in [4.78, 5) is 29.7. The molecule has 0 saturated heterocycles. The maximum absolute atomic E-state index is 13.3. The molecule has 202 valence electrons. The molecule has 1 aliphatic carbocycles. The molecule has 0 aromatic heterocycles. The second-order valence-corrected chi connectivity index (χ2v) is 11.2. The third-order valence-corrected chi connectivity index (χ3v) is 7.38.